The van der Waals surface area contributed by atoms with Gasteiger partial charge in [-0.3, -0.25) is 19.1 Å². The van der Waals surface area contributed by atoms with Crippen molar-refractivity contribution in [2.24, 2.45) is 0 Å². The van der Waals surface area contributed by atoms with Crippen LogP contribution in [0.4, 0.5) is 0 Å². The van der Waals surface area contributed by atoms with Gasteiger partial charge in [0.1, 0.15) is 11.4 Å². The van der Waals surface area contributed by atoms with Crippen molar-refractivity contribution in [1.82, 2.24) is 19.4 Å². The zero-order valence-corrected chi connectivity index (χ0v) is 20.0. The van der Waals surface area contributed by atoms with Crippen LogP contribution in [0, 0.1) is 13.8 Å². The summed E-state index contributed by atoms with van der Waals surface area (Å²) in [6, 6.07) is 15.6. The van der Waals surface area contributed by atoms with Crippen molar-refractivity contribution in [3.63, 3.8) is 0 Å². The summed E-state index contributed by atoms with van der Waals surface area (Å²) in [5, 5.41) is 7.22. The molecule has 1 N–H and O–H groups in total. The molecule has 0 spiro atoms. The van der Waals surface area contributed by atoms with Crippen LogP contribution in [-0.2, 0) is 37.4 Å². The molecule has 0 bridgehead atoms. The fraction of sp³-hybridized carbons (Fsp3) is 0.250. The van der Waals surface area contributed by atoms with E-state index in [9.17, 15) is 22.8 Å². The Labute approximate surface area is 202 Å². The maximum absolute atomic E-state index is 12.5. The van der Waals surface area contributed by atoms with Crippen molar-refractivity contribution in [2.75, 3.05) is 13.2 Å². The smallest absolute Gasteiger partial charge is 0.327 e. The van der Waals surface area contributed by atoms with E-state index in [0.29, 0.717) is 10.8 Å². The minimum atomic E-state index is -4.13. The number of hydrogen-bond acceptors (Lipinski definition) is 7. The molecule has 3 aromatic rings. The summed E-state index contributed by atoms with van der Waals surface area (Å²) in [5.41, 5.74) is 3.62. The molecule has 11 heteroatoms. The Bertz CT molecular complexity index is 1400. The highest BCUT2D eigenvalue weighted by Gasteiger charge is 2.42. The van der Waals surface area contributed by atoms with Gasteiger partial charge >= 0.3 is 5.97 Å². The lowest BCUT2D eigenvalue weighted by atomic mass is 10.2. The van der Waals surface area contributed by atoms with Gasteiger partial charge in [-0.25, -0.2) is 12.7 Å². The van der Waals surface area contributed by atoms with Crippen LogP contribution in [0.1, 0.15) is 32.9 Å². The molecule has 4 rings (SSSR count). The van der Waals surface area contributed by atoms with E-state index in [1.807, 2.05) is 48.9 Å². The number of carbonyl (C=O) groups is 3. The van der Waals surface area contributed by atoms with Gasteiger partial charge in [0.2, 0.25) is 0 Å². The van der Waals surface area contributed by atoms with Gasteiger partial charge in [-0.15, -0.1) is 0 Å². The summed E-state index contributed by atoms with van der Waals surface area (Å²) in [4.78, 5) is 36.6. The molecule has 0 aliphatic carbocycles. The predicted molar refractivity (Wildman–Crippen MR) is 125 cm³/mol. The molecular formula is C24H24N4O6S. The Hall–Kier alpha value is -3.99. The van der Waals surface area contributed by atoms with E-state index in [-0.39, 0.29) is 17.0 Å². The molecule has 0 atom stereocenters. The number of carbonyl (C=O) groups excluding carboxylic acids is 3. The molecule has 2 amide bonds. The highest BCUT2D eigenvalue weighted by atomic mass is 32.2. The fourth-order valence-corrected chi connectivity index (χ4v) is 5.35. The van der Waals surface area contributed by atoms with E-state index in [0.717, 1.165) is 22.5 Å². The molecule has 182 valence electrons. The quantitative estimate of drug-likeness (QED) is 0.469. The number of sulfonamides is 1. The van der Waals surface area contributed by atoms with Crippen LogP contribution in [-0.4, -0.2) is 53.4 Å². The molecule has 0 saturated carbocycles. The molecule has 0 fully saturated rings. The van der Waals surface area contributed by atoms with Crippen molar-refractivity contribution in [2.45, 2.75) is 31.8 Å². The van der Waals surface area contributed by atoms with Crippen molar-refractivity contribution >= 4 is 27.8 Å². The number of benzene rings is 2. The number of rotatable bonds is 8. The van der Waals surface area contributed by atoms with Crippen LogP contribution in [0.3, 0.4) is 0 Å². The Balaban J connectivity index is 1.29. The average molecular weight is 497 g/mol. The summed E-state index contributed by atoms with van der Waals surface area (Å²) < 4.78 is 32.3. The molecule has 0 saturated heterocycles. The van der Waals surface area contributed by atoms with Crippen LogP contribution in [0.15, 0.2) is 59.5 Å². The minimum absolute atomic E-state index is 0.00315. The van der Waals surface area contributed by atoms with Gasteiger partial charge in [0.15, 0.2) is 6.61 Å². The second kappa shape index (κ2) is 9.71. The number of aryl methyl sites for hydroxylation is 1. The zero-order chi connectivity index (χ0) is 25.2. The lowest BCUT2D eigenvalue weighted by molar-refractivity contribution is -0.148. The van der Waals surface area contributed by atoms with E-state index in [2.05, 4.69) is 10.4 Å². The minimum Gasteiger partial charge on any atom is -0.454 e. The third-order valence-corrected chi connectivity index (χ3v) is 7.50. The molecule has 1 aliphatic rings. The van der Waals surface area contributed by atoms with E-state index in [1.165, 1.54) is 24.3 Å². The van der Waals surface area contributed by atoms with E-state index in [4.69, 9.17) is 4.74 Å². The molecule has 1 aromatic heterocycles. The van der Waals surface area contributed by atoms with Crippen molar-refractivity contribution < 1.29 is 27.5 Å². The largest absolute Gasteiger partial charge is 0.454 e. The molecule has 2 heterocycles. The highest BCUT2D eigenvalue weighted by Crippen LogP contribution is 2.29. The number of amides is 2. The Morgan fingerprint density at radius 2 is 1.71 bits per heavy atom. The van der Waals surface area contributed by atoms with Crippen LogP contribution in [0.25, 0.3) is 0 Å². The number of aromatic nitrogens is 2. The SMILES string of the molecule is Cc1nn(Cc2ccccc2)c(C)c1CNC(=O)COC(=O)CN1C(=O)c2ccccc2S1(=O)=O. The summed E-state index contributed by atoms with van der Waals surface area (Å²) in [6.45, 7) is 3.13. The lowest BCUT2D eigenvalue weighted by Gasteiger charge is -2.14. The topological polar surface area (TPSA) is 128 Å². The summed E-state index contributed by atoms with van der Waals surface area (Å²) in [7, 11) is -4.13. The number of ether oxygens (including phenoxy) is 1. The molecule has 35 heavy (non-hydrogen) atoms. The first-order chi connectivity index (χ1) is 16.7. The molecule has 1 aliphatic heterocycles. The summed E-state index contributed by atoms with van der Waals surface area (Å²) >= 11 is 0. The second-order valence-electron chi connectivity index (χ2n) is 8.04. The van der Waals surface area contributed by atoms with Crippen LogP contribution in [0.5, 0.6) is 0 Å². The third kappa shape index (κ3) is 4.94. The Morgan fingerprint density at radius 1 is 1.03 bits per heavy atom. The lowest BCUT2D eigenvalue weighted by Crippen LogP contribution is -2.37. The van der Waals surface area contributed by atoms with Crippen LogP contribution < -0.4 is 5.32 Å². The van der Waals surface area contributed by atoms with Gasteiger partial charge in [0, 0.05) is 17.8 Å². The standard InChI is InChI=1S/C24H24N4O6S/c1-16-20(17(2)27(26-16)13-18-8-4-3-5-9-18)12-25-22(29)15-34-23(30)14-28-24(31)19-10-6-7-11-21(19)35(28,32)33/h3-11H,12-15H2,1-2H3,(H,25,29). The average Bonchev–Trinajstić information content (AvgIpc) is 3.21. The van der Waals surface area contributed by atoms with Crippen LogP contribution >= 0.6 is 0 Å². The molecular weight excluding hydrogens is 472 g/mol. The number of nitrogens with zero attached hydrogens (tertiary/aromatic N) is 3. The summed E-state index contributed by atoms with van der Waals surface area (Å²) in [6.07, 6.45) is 0. The van der Waals surface area contributed by atoms with Gasteiger partial charge < -0.3 is 10.1 Å². The fourth-order valence-electron chi connectivity index (χ4n) is 3.83. The van der Waals surface area contributed by atoms with E-state index < -0.39 is 41.0 Å². The summed E-state index contributed by atoms with van der Waals surface area (Å²) in [5.74, 6) is -2.37. The number of fused-ring (bicyclic) bond motifs is 1. The van der Waals surface area contributed by atoms with Gasteiger partial charge in [0.05, 0.1) is 17.8 Å². The molecule has 10 nitrogen and oxygen atoms in total. The second-order valence-corrected chi connectivity index (χ2v) is 9.87. The van der Waals surface area contributed by atoms with E-state index in [1.54, 1.807) is 0 Å². The van der Waals surface area contributed by atoms with Gasteiger partial charge in [-0.05, 0) is 31.5 Å². The number of esters is 1. The monoisotopic (exact) mass is 496 g/mol. The first kappa shape index (κ1) is 24.1. The van der Waals surface area contributed by atoms with Gasteiger partial charge in [-0.1, -0.05) is 42.5 Å². The normalized spacial score (nSPS) is 14.0. The maximum Gasteiger partial charge on any atom is 0.327 e. The third-order valence-electron chi connectivity index (χ3n) is 5.72. The molecule has 0 radical (unpaired) electrons. The zero-order valence-electron chi connectivity index (χ0n) is 19.2. The molecule has 0 unspecified atom stereocenters. The first-order valence-corrected chi connectivity index (χ1v) is 12.3. The van der Waals surface area contributed by atoms with Crippen LogP contribution in [0.2, 0.25) is 0 Å². The van der Waals surface area contributed by atoms with Crippen molar-refractivity contribution in [1.29, 1.82) is 0 Å². The number of nitrogens with one attached hydrogen (secondary N) is 1. The van der Waals surface area contributed by atoms with E-state index >= 15 is 0 Å². The predicted octanol–water partition coefficient (Wildman–Crippen LogP) is 1.55. The first-order valence-electron chi connectivity index (χ1n) is 10.8. The maximum atomic E-state index is 12.5. The Morgan fingerprint density at radius 3 is 2.43 bits per heavy atom. The van der Waals surface area contributed by atoms with Crippen molar-refractivity contribution in [3.05, 3.63) is 82.7 Å². The Kier molecular flexibility index (Phi) is 6.70. The highest BCUT2D eigenvalue weighted by molar-refractivity contribution is 7.90. The molecule has 2 aromatic carbocycles. The van der Waals surface area contributed by atoms with Crippen molar-refractivity contribution in [3.8, 4) is 0 Å². The van der Waals surface area contributed by atoms with Gasteiger partial charge in [-0.2, -0.15) is 5.10 Å². The number of hydrogen-bond donors (Lipinski definition) is 1. The van der Waals surface area contributed by atoms with Gasteiger partial charge in [0.25, 0.3) is 21.8 Å².